The van der Waals surface area contributed by atoms with E-state index in [0.717, 1.165) is 5.69 Å². The minimum absolute atomic E-state index is 0.129. The zero-order valence-corrected chi connectivity index (χ0v) is 11.2. The number of aromatic amines is 1. The Morgan fingerprint density at radius 1 is 1.35 bits per heavy atom. The second-order valence-electron chi connectivity index (χ2n) is 4.16. The SMILES string of the molecule is N#Cc1ccccc1NCc1nc2ccsc2c(=O)[nH]1. The van der Waals surface area contributed by atoms with Crippen molar-refractivity contribution in [1.29, 1.82) is 5.26 Å². The number of fused-ring (bicyclic) bond motifs is 1. The van der Waals surface area contributed by atoms with Crippen molar-refractivity contribution in [1.82, 2.24) is 9.97 Å². The van der Waals surface area contributed by atoms with Crippen molar-refractivity contribution in [2.45, 2.75) is 6.54 Å². The number of anilines is 1. The Labute approximate surface area is 118 Å². The third-order valence-corrected chi connectivity index (χ3v) is 3.76. The highest BCUT2D eigenvalue weighted by atomic mass is 32.1. The lowest BCUT2D eigenvalue weighted by molar-refractivity contribution is 0.955. The summed E-state index contributed by atoms with van der Waals surface area (Å²) in [6.45, 7) is 0.361. The van der Waals surface area contributed by atoms with Gasteiger partial charge in [0.25, 0.3) is 5.56 Å². The first-order valence-electron chi connectivity index (χ1n) is 5.97. The van der Waals surface area contributed by atoms with E-state index in [2.05, 4.69) is 21.4 Å². The average Bonchev–Trinajstić information content (AvgIpc) is 2.94. The molecule has 0 aliphatic heterocycles. The zero-order valence-electron chi connectivity index (χ0n) is 10.4. The second-order valence-corrected chi connectivity index (χ2v) is 5.07. The largest absolute Gasteiger partial charge is 0.377 e. The van der Waals surface area contributed by atoms with Gasteiger partial charge in [-0.15, -0.1) is 11.3 Å². The van der Waals surface area contributed by atoms with E-state index >= 15 is 0 Å². The Kier molecular flexibility index (Phi) is 3.19. The van der Waals surface area contributed by atoms with Gasteiger partial charge < -0.3 is 10.3 Å². The quantitative estimate of drug-likeness (QED) is 0.773. The van der Waals surface area contributed by atoms with E-state index in [4.69, 9.17) is 5.26 Å². The lowest BCUT2D eigenvalue weighted by Gasteiger charge is -2.07. The van der Waals surface area contributed by atoms with Crippen LogP contribution in [-0.4, -0.2) is 9.97 Å². The summed E-state index contributed by atoms with van der Waals surface area (Å²) in [5, 5.41) is 14.0. The standard InChI is InChI=1S/C14H10N4OS/c15-7-9-3-1-2-4-10(9)16-8-12-17-11-5-6-20-13(11)14(19)18-12/h1-6,16H,8H2,(H,17,18,19). The topological polar surface area (TPSA) is 81.6 Å². The monoisotopic (exact) mass is 282 g/mol. The van der Waals surface area contributed by atoms with Crippen molar-refractivity contribution in [3.63, 3.8) is 0 Å². The van der Waals surface area contributed by atoms with Crippen molar-refractivity contribution >= 4 is 27.2 Å². The van der Waals surface area contributed by atoms with Gasteiger partial charge in [-0.25, -0.2) is 4.98 Å². The number of H-pyrrole nitrogens is 1. The Balaban J connectivity index is 1.87. The normalized spacial score (nSPS) is 10.3. The third kappa shape index (κ3) is 2.27. The van der Waals surface area contributed by atoms with Crippen molar-refractivity contribution in [3.8, 4) is 6.07 Å². The Morgan fingerprint density at radius 2 is 2.20 bits per heavy atom. The van der Waals surface area contributed by atoms with Crippen molar-refractivity contribution in [2.24, 2.45) is 0 Å². The molecule has 0 radical (unpaired) electrons. The zero-order chi connectivity index (χ0) is 13.9. The number of nitrogens with zero attached hydrogens (tertiary/aromatic N) is 2. The molecule has 5 nitrogen and oxygen atoms in total. The first kappa shape index (κ1) is 12.4. The highest BCUT2D eigenvalue weighted by molar-refractivity contribution is 7.17. The number of thiophene rings is 1. The number of benzene rings is 1. The molecular formula is C14H10N4OS. The van der Waals surface area contributed by atoms with E-state index in [1.807, 2.05) is 23.6 Å². The lowest BCUT2D eigenvalue weighted by Crippen LogP contribution is -2.13. The summed E-state index contributed by atoms with van der Waals surface area (Å²) in [6.07, 6.45) is 0. The molecule has 20 heavy (non-hydrogen) atoms. The van der Waals surface area contributed by atoms with E-state index in [1.54, 1.807) is 12.1 Å². The van der Waals surface area contributed by atoms with Gasteiger partial charge in [-0.05, 0) is 23.6 Å². The second kappa shape index (κ2) is 5.15. The predicted molar refractivity (Wildman–Crippen MR) is 78.7 cm³/mol. The number of hydrogen-bond donors (Lipinski definition) is 2. The highest BCUT2D eigenvalue weighted by Gasteiger charge is 2.06. The molecule has 0 aliphatic rings. The van der Waals surface area contributed by atoms with Gasteiger partial charge in [-0.2, -0.15) is 5.26 Å². The van der Waals surface area contributed by atoms with E-state index < -0.39 is 0 Å². The fourth-order valence-electron chi connectivity index (χ4n) is 1.92. The minimum atomic E-state index is -0.129. The molecule has 0 amide bonds. The molecule has 3 rings (SSSR count). The Morgan fingerprint density at radius 3 is 3.05 bits per heavy atom. The molecule has 0 spiro atoms. The van der Waals surface area contributed by atoms with Crippen molar-refractivity contribution in [3.05, 3.63) is 57.5 Å². The molecule has 0 saturated carbocycles. The predicted octanol–water partition coefficient (Wildman–Crippen LogP) is 2.47. The van der Waals surface area contributed by atoms with Gasteiger partial charge in [-0.3, -0.25) is 4.79 Å². The molecular weight excluding hydrogens is 272 g/mol. The minimum Gasteiger partial charge on any atom is -0.377 e. The van der Waals surface area contributed by atoms with E-state index in [-0.39, 0.29) is 5.56 Å². The van der Waals surface area contributed by atoms with Gasteiger partial charge in [-0.1, -0.05) is 12.1 Å². The van der Waals surface area contributed by atoms with Gasteiger partial charge in [0.2, 0.25) is 0 Å². The maximum atomic E-state index is 11.8. The molecule has 0 fully saturated rings. The van der Waals surface area contributed by atoms with Gasteiger partial charge in [0, 0.05) is 0 Å². The molecule has 98 valence electrons. The molecule has 2 aromatic heterocycles. The maximum Gasteiger partial charge on any atom is 0.268 e. The summed E-state index contributed by atoms with van der Waals surface area (Å²) < 4.78 is 0.631. The summed E-state index contributed by atoms with van der Waals surface area (Å²) in [7, 11) is 0. The number of para-hydroxylation sites is 1. The smallest absolute Gasteiger partial charge is 0.268 e. The summed E-state index contributed by atoms with van der Waals surface area (Å²) >= 11 is 1.37. The van der Waals surface area contributed by atoms with Crippen molar-refractivity contribution < 1.29 is 0 Å². The first-order chi connectivity index (χ1) is 9.78. The number of aromatic nitrogens is 2. The highest BCUT2D eigenvalue weighted by Crippen LogP contribution is 2.16. The first-order valence-corrected chi connectivity index (χ1v) is 6.85. The number of nitriles is 1. The molecule has 0 unspecified atom stereocenters. The Bertz CT molecular complexity index is 859. The van der Waals surface area contributed by atoms with Crippen LogP contribution in [0.2, 0.25) is 0 Å². The number of hydrogen-bond acceptors (Lipinski definition) is 5. The average molecular weight is 282 g/mol. The number of nitrogens with one attached hydrogen (secondary N) is 2. The van der Waals surface area contributed by atoms with Crippen LogP contribution in [0, 0.1) is 11.3 Å². The van der Waals surface area contributed by atoms with Crippen LogP contribution in [0.3, 0.4) is 0 Å². The van der Waals surface area contributed by atoms with Crippen molar-refractivity contribution in [2.75, 3.05) is 5.32 Å². The van der Waals surface area contributed by atoms with Gasteiger partial charge in [0.1, 0.15) is 16.6 Å². The van der Waals surface area contributed by atoms with E-state index in [1.165, 1.54) is 11.3 Å². The van der Waals surface area contributed by atoms with Crippen LogP contribution in [0.5, 0.6) is 0 Å². The summed E-state index contributed by atoms with van der Waals surface area (Å²) in [4.78, 5) is 18.9. The molecule has 2 N–H and O–H groups in total. The molecule has 6 heteroatoms. The maximum absolute atomic E-state index is 11.8. The molecule has 3 aromatic rings. The summed E-state index contributed by atoms with van der Waals surface area (Å²) in [6, 6.07) is 11.1. The van der Waals surface area contributed by atoms with Crippen LogP contribution in [0.4, 0.5) is 5.69 Å². The van der Waals surface area contributed by atoms with Crippen LogP contribution in [-0.2, 0) is 6.54 Å². The van der Waals surface area contributed by atoms with E-state index in [0.29, 0.717) is 28.1 Å². The van der Waals surface area contributed by atoms with Crippen LogP contribution in [0.25, 0.3) is 10.2 Å². The van der Waals surface area contributed by atoms with Crippen LogP contribution in [0.1, 0.15) is 11.4 Å². The number of rotatable bonds is 3. The van der Waals surface area contributed by atoms with E-state index in [9.17, 15) is 4.79 Å². The van der Waals surface area contributed by atoms with Crippen LogP contribution < -0.4 is 10.9 Å². The fourth-order valence-corrected chi connectivity index (χ4v) is 2.64. The van der Waals surface area contributed by atoms with Gasteiger partial charge in [0.15, 0.2) is 0 Å². The van der Waals surface area contributed by atoms with Gasteiger partial charge >= 0.3 is 0 Å². The Hall–Kier alpha value is -2.65. The third-order valence-electron chi connectivity index (χ3n) is 2.86. The molecule has 0 bridgehead atoms. The summed E-state index contributed by atoms with van der Waals surface area (Å²) in [5.74, 6) is 0.550. The molecule has 0 atom stereocenters. The summed E-state index contributed by atoms with van der Waals surface area (Å²) in [5.41, 5.74) is 1.86. The molecule has 1 aromatic carbocycles. The molecule has 2 heterocycles. The fraction of sp³-hybridized carbons (Fsp3) is 0.0714. The molecule has 0 aliphatic carbocycles. The van der Waals surface area contributed by atoms with Gasteiger partial charge in [0.05, 0.1) is 23.3 Å². The van der Waals surface area contributed by atoms with Crippen LogP contribution in [0.15, 0.2) is 40.5 Å². The lowest BCUT2D eigenvalue weighted by atomic mass is 10.2. The van der Waals surface area contributed by atoms with Crippen LogP contribution >= 0.6 is 11.3 Å². The molecule has 0 saturated heterocycles.